The fourth-order valence-electron chi connectivity index (χ4n) is 3.05. The zero-order valence-corrected chi connectivity index (χ0v) is 17.2. The number of aromatic amines is 1. The maximum absolute atomic E-state index is 12.6. The Balaban J connectivity index is 1.54. The Morgan fingerprint density at radius 1 is 1.24 bits per heavy atom. The molecule has 156 valence electrons. The Labute approximate surface area is 171 Å². The van der Waals surface area contributed by atoms with Crippen LogP contribution in [0.25, 0.3) is 10.9 Å². The lowest BCUT2D eigenvalue weighted by atomic mass is 10.1. The molecule has 0 unspecified atom stereocenters. The molecular formula is C20H24F3N5S. The SMILES string of the molecule is CCNC(=NCCc1nc(C(F)(F)F)cs1)NCCc1c[nH]c2c(C)cccc12. The monoisotopic (exact) mass is 423 g/mol. The lowest BCUT2D eigenvalue weighted by molar-refractivity contribution is -0.140. The number of alkyl halides is 3. The van der Waals surface area contributed by atoms with Crippen molar-refractivity contribution in [1.29, 1.82) is 0 Å². The number of fused-ring (bicyclic) bond motifs is 1. The van der Waals surface area contributed by atoms with Gasteiger partial charge in [0.05, 0.1) is 5.01 Å². The molecule has 0 bridgehead atoms. The molecule has 0 radical (unpaired) electrons. The summed E-state index contributed by atoms with van der Waals surface area (Å²) >= 11 is 1.02. The molecule has 0 saturated heterocycles. The number of benzene rings is 1. The van der Waals surface area contributed by atoms with Gasteiger partial charge in [0, 0.05) is 48.5 Å². The first-order valence-corrected chi connectivity index (χ1v) is 10.4. The van der Waals surface area contributed by atoms with Gasteiger partial charge in [0.1, 0.15) is 0 Å². The van der Waals surface area contributed by atoms with Crippen LogP contribution in [0.3, 0.4) is 0 Å². The van der Waals surface area contributed by atoms with Crippen LogP contribution in [0.5, 0.6) is 0 Å². The maximum atomic E-state index is 12.6. The molecule has 3 N–H and O–H groups in total. The number of aliphatic imine (C=N–C) groups is 1. The second kappa shape index (κ2) is 9.30. The van der Waals surface area contributed by atoms with Crippen molar-refractivity contribution in [3.05, 3.63) is 51.6 Å². The lowest BCUT2D eigenvalue weighted by Gasteiger charge is -2.11. The van der Waals surface area contributed by atoms with E-state index in [2.05, 4.69) is 50.7 Å². The summed E-state index contributed by atoms with van der Waals surface area (Å²) in [7, 11) is 0. The molecule has 0 saturated carbocycles. The molecule has 2 heterocycles. The fourth-order valence-corrected chi connectivity index (χ4v) is 3.84. The highest BCUT2D eigenvalue weighted by Crippen LogP contribution is 2.30. The normalized spacial score (nSPS) is 12.5. The number of aromatic nitrogens is 2. The molecular weight excluding hydrogens is 399 g/mol. The topological polar surface area (TPSA) is 65.1 Å². The highest BCUT2D eigenvalue weighted by molar-refractivity contribution is 7.09. The quantitative estimate of drug-likeness (QED) is 0.392. The van der Waals surface area contributed by atoms with E-state index in [1.807, 2.05) is 13.1 Å². The van der Waals surface area contributed by atoms with Crippen LogP contribution in [-0.2, 0) is 19.0 Å². The van der Waals surface area contributed by atoms with E-state index in [0.717, 1.165) is 28.7 Å². The largest absolute Gasteiger partial charge is 0.434 e. The molecule has 2 aromatic heterocycles. The predicted octanol–water partition coefficient (Wildman–Crippen LogP) is 4.29. The molecule has 3 aromatic rings. The molecule has 0 aliphatic heterocycles. The highest BCUT2D eigenvalue weighted by atomic mass is 32.1. The molecule has 0 amide bonds. The van der Waals surface area contributed by atoms with Crippen molar-refractivity contribution in [2.45, 2.75) is 32.9 Å². The van der Waals surface area contributed by atoms with Crippen LogP contribution in [0.2, 0.25) is 0 Å². The second-order valence-electron chi connectivity index (χ2n) is 6.62. The Hall–Kier alpha value is -2.55. The van der Waals surface area contributed by atoms with Crippen LogP contribution in [-0.4, -0.2) is 35.6 Å². The van der Waals surface area contributed by atoms with E-state index < -0.39 is 11.9 Å². The second-order valence-corrected chi connectivity index (χ2v) is 7.57. The van der Waals surface area contributed by atoms with E-state index in [1.165, 1.54) is 16.5 Å². The molecule has 0 spiro atoms. The van der Waals surface area contributed by atoms with Gasteiger partial charge >= 0.3 is 6.18 Å². The summed E-state index contributed by atoms with van der Waals surface area (Å²) in [5.41, 5.74) is 2.77. The first-order valence-electron chi connectivity index (χ1n) is 9.48. The van der Waals surface area contributed by atoms with Crippen LogP contribution in [0.1, 0.15) is 28.8 Å². The Bertz CT molecular complexity index is 974. The fraction of sp³-hybridized carbons (Fsp3) is 0.400. The first kappa shape index (κ1) is 21.2. The van der Waals surface area contributed by atoms with E-state index >= 15 is 0 Å². The maximum Gasteiger partial charge on any atom is 0.434 e. The summed E-state index contributed by atoms with van der Waals surface area (Å²) in [5, 5.41) is 9.14. The van der Waals surface area contributed by atoms with Gasteiger partial charge in [-0.3, -0.25) is 4.99 Å². The molecule has 0 fully saturated rings. The van der Waals surface area contributed by atoms with Gasteiger partial charge in [0.15, 0.2) is 11.7 Å². The summed E-state index contributed by atoms with van der Waals surface area (Å²) in [6, 6.07) is 6.24. The minimum Gasteiger partial charge on any atom is -0.361 e. The number of halogens is 3. The Morgan fingerprint density at radius 2 is 2.07 bits per heavy atom. The van der Waals surface area contributed by atoms with Crippen LogP contribution in [0.15, 0.2) is 34.8 Å². The molecule has 0 aliphatic rings. The summed E-state index contributed by atoms with van der Waals surface area (Å²) in [5.74, 6) is 0.649. The van der Waals surface area contributed by atoms with Crippen molar-refractivity contribution in [3.63, 3.8) is 0 Å². The number of H-pyrrole nitrogens is 1. The number of guanidine groups is 1. The average molecular weight is 424 g/mol. The van der Waals surface area contributed by atoms with Crippen molar-refractivity contribution in [2.24, 2.45) is 4.99 Å². The van der Waals surface area contributed by atoms with Crippen molar-refractivity contribution in [1.82, 2.24) is 20.6 Å². The zero-order valence-electron chi connectivity index (χ0n) is 16.4. The third kappa shape index (κ3) is 5.50. The van der Waals surface area contributed by atoms with Crippen molar-refractivity contribution in [3.8, 4) is 0 Å². The number of hydrogen-bond donors (Lipinski definition) is 3. The zero-order chi connectivity index (χ0) is 20.9. The van der Waals surface area contributed by atoms with Gasteiger partial charge in [-0.1, -0.05) is 18.2 Å². The van der Waals surface area contributed by atoms with E-state index in [4.69, 9.17) is 0 Å². The van der Waals surface area contributed by atoms with Crippen LogP contribution >= 0.6 is 11.3 Å². The van der Waals surface area contributed by atoms with Crippen LogP contribution in [0.4, 0.5) is 13.2 Å². The van der Waals surface area contributed by atoms with Crippen LogP contribution < -0.4 is 10.6 Å². The van der Waals surface area contributed by atoms with Crippen molar-refractivity contribution < 1.29 is 13.2 Å². The molecule has 29 heavy (non-hydrogen) atoms. The van der Waals surface area contributed by atoms with Gasteiger partial charge in [0.25, 0.3) is 0 Å². The van der Waals surface area contributed by atoms with Gasteiger partial charge in [-0.25, -0.2) is 4.98 Å². The van der Waals surface area contributed by atoms with Crippen molar-refractivity contribution >= 4 is 28.2 Å². The molecule has 9 heteroatoms. The minimum absolute atomic E-state index is 0.367. The summed E-state index contributed by atoms with van der Waals surface area (Å²) in [4.78, 5) is 11.4. The minimum atomic E-state index is -4.39. The third-order valence-corrected chi connectivity index (χ3v) is 5.39. The average Bonchev–Trinajstić information content (AvgIpc) is 3.30. The third-order valence-electron chi connectivity index (χ3n) is 4.48. The van der Waals surface area contributed by atoms with Crippen LogP contribution in [0, 0.1) is 6.92 Å². The molecule has 3 rings (SSSR count). The first-order chi connectivity index (χ1) is 13.9. The molecule has 5 nitrogen and oxygen atoms in total. The van der Waals surface area contributed by atoms with Gasteiger partial charge in [-0.15, -0.1) is 11.3 Å². The van der Waals surface area contributed by atoms with Gasteiger partial charge in [-0.2, -0.15) is 13.2 Å². The van der Waals surface area contributed by atoms with E-state index in [0.29, 0.717) is 37.0 Å². The molecule has 0 aliphatic carbocycles. The Morgan fingerprint density at radius 3 is 2.79 bits per heavy atom. The van der Waals surface area contributed by atoms with Crippen molar-refractivity contribution in [2.75, 3.05) is 19.6 Å². The summed E-state index contributed by atoms with van der Waals surface area (Å²) in [6.45, 7) is 5.81. The number of nitrogens with one attached hydrogen (secondary N) is 3. The number of para-hydroxylation sites is 1. The standard InChI is InChI=1S/C20H24F3N5S/c1-3-24-19(26-10-8-17-28-16(12-29-17)20(21,22)23)25-9-7-14-11-27-18-13(2)5-4-6-15(14)18/h4-6,11-12,27H,3,7-10H2,1-2H3,(H2,24,25,26). The van der Waals surface area contributed by atoms with Gasteiger partial charge in [-0.05, 0) is 31.4 Å². The lowest BCUT2D eigenvalue weighted by Crippen LogP contribution is -2.38. The molecule has 0 atom stereocenters. The number of aryl methyl sites for hydroxylation is 1. The number of rotatable bonds is 7. The Kier molecular flexibility index (Phi) is 6.79. The number of hydrogen-bond acceptors (Lipinski definition) is 3. The van der Waals surface area contributed by atoms with Gasteiger partial charge < -0.3 is 15.6 Å². The summed E-state index contributed by atoms with van der Waals surface area (Å²) in [6.07, 6.45) is -1.16. The molecule has 1 aromatic carbocycles. The summed E-state index contributed by atoms with van der Waals surface area (Å²) < 4.78 is 37.9. The van der Waals surface area contributed by atoms with E-state index in [-0.39, 0.29) is 0 Å². The van der Waals surface area contributed by atoms with E-state index in [9.17, 15) is 13.2 Å². The predicted molar refractivity (Wildman–Crippen MR) is 112 cm³/mol. The van der Waals surface area contributed by atoms with E-state index in [1.54, 1.807) is 0 Å². The highest BCUT2D eigenvalue weighted by Gasteiger charge is 2.33. The number of thiazole rings is 1. The van der Waals surface area contributed by atoms with Gasteiger partial charge in [0.2, 0.25) is 0 Å². The smallest absolute Gasteiger partial charge is 0.361 e. The number of nitrogens with zero attached hydrogens (tertiary/aromatic N) is 2.